The molecule has 0 aliphatic carbocycles. The van der Waals surface area contributed by atoms with Crippen LogP contribution in [0, 0.1) is 0 Å². The van der Waals surface area contributed by atoms with Crippen molar-refractivity contribution in [1.29, 1.82) is 0 Å². The molecule has 0 saturated carbocycles. The van der Waals surface area contributed by atoms with Gasteiger partial charge < -0.3 is 5.32 Å². The Morgan fingerprint density at radius 1 is 1.13 bits per heavy atom. The van der Waals surface area contributed by atoms with Crippen LogP contribution in [-0.4, -0.2) is 47.2 Å². The summed E-state index contributed by atoms with van der Waals surface area (Å²) < 4.78 is 0. The van der Waals surface area contributed by atoms with E-state index in [1.807, 2.05) is 6.92 Å². The maximum absolute atomic E-state index is 12.2. The molecule has 23 heavy (non-hydrogen) atoms. The molecule has 0 unspecified atom stereocenters. The van der Waals surface area contributed by atoms with E-state index in [1.165, 1.54) is 4.90 Å². The number of fused-ring (bicyclic) bond motifs is 1. The maximum atomic E-state index is 12.2. The summed E-state index contributed by atoms with van der Waals surface area (Å²) in [6, 6.07) is 6.93. The first-order valence-corrected chi connectivity index (χ1v) is 9.10. The molecular weight excluding hydrogens is 312 g/mol. The van der Waals surface area contributed by atoms with Crippen LogP contribution in [0.1, 0.15) is 46.9 Å². The number of rotatable bonds is 9. The summed E-state index contributed by atoms with van der Waals surface area (Å²) in [4.78, 5) is 37.1. The van der Waals surface area contributed by atoms with Crippen LogP contribution in [0.3, 0.4) is 0 Å². The Morgan fingerprint density at radius 3 is 2.39 bits per heavy atom. The van der Waals surface area contributed by atoms with E-state index in [1.54, 1.807) is 36.0 Å². The van der Waals surface area contributed by atoms with E-state index in [9.17, 15) is 14.4 Å². The number of thioether (sulfide) groups is 1. The second kappa shape index (κ2) is 8.72. The van der Waals surface area contributed by atoms with Gasteiger partial charge in [-0.25, -0.2) is 0 Å². The first kappa shape index (κ1) is 17.5. The number of carbonyl (C=O) groups is 3. The van der Waals surface area contributed by atoms with Crippen LogP contribution in [0.25, 0.3) is 0 Å². The quantitative estimate of drug-likeness (QED) is 0.556. The monoisotopic (exact) mass is 334 g/mol. The fourth-order valence-corrected chi connectivity index (χ4v) is 3.24. The molecule has 0 bridgehead atoms. The Labute approximate surface area is 140 Å². The molecule has 0 aromatic heterocycles. The van der Waals surface area contributed by atoms with Gasteiger partial charge in [0.25, 0.3) is 11.8 Å². The third-order valence-electron chi connectivity index (χ3n) is 3.60. The molecule has 1 aromatic rings. The van der Waals surface area contributed by atoms with Gasteiger partial charge in [0, 0.05) is 13.1 Å². The van der Waals surface area contributed by atoms with Gasteiger partial charge in [0.1, 0.15) is 0 Å². The minimum atomic E-state index is -0.197. The summed E-state index contributed by atoms with van der Waals surface area (Å²) in [5, 5.41) is 2.83. The Morgan fingerprint density at radius 2 is 1.78 bits per heavy atom. The molecule has 0 fully saturated rings. The second-order valence-corrected chi connectivity index (χ2v) is 6.52. The van der Waals surface area contributed by atoms with Crippen molar-refractivity contribution in [2.45, 2.75) is 26.2 Å². The predicted octanol–water partition coefficient (Wildman–Crippen LogP) is 2.32. The van der Waals surface area contributed by atoms with E-state index in [0.29, 0.717) is 23.4 Å². The van der Waals surface area contributed by atoms with Gasteiger partial charge in [0.2, 0.25) is 5.91 Å². The molecule has 1 aliphatic heterocycles. The molecule has 1 heterocycles. The highest BCUT2D eigenvalue weighted by atomic mass is 32.2. The Bertz CT molecular complexity index is 554. The molecule has 0 radical (unpaired) electrons. The van der Waals surface area contributed by atoms with Crippen molar-refractivity contribution in [2.24, 2.45) is 0 Å². The smallest absolute Gasteiger partial charge is 0.261 e. The van der Waals surface area contributed by atoms with Gasteiger partial charge in [0.05, 0.1) is 16.9 Å². The molecule has 1 aromatic carbocycles. The molecule has 6 heteroatoms. The Hall–Kier alpha value is -1.82. The molecule has 2 rings (SSSR count). The highest BCUT2D eigenvalue weighted by molar-refractivity contribution is 7.99. The molecule has 0 saturated heterocycles. The fraction of sp³-hybridized carbons (Fsp3) is 0.471. The first-order chi connectivity index (χ1) is 11.1. The van der Waals surface area contributed by atoms with Gasteiger partial charge in [-0.05, 0) is 37.1 Å². The maximum Gasteiger partial charge on any atom is 0.261 e. The lowest BCUT2D eigenvalue weighted by Gasteiger charge is -2.13. The lowest BCUT2D eigenvalue weighted by atomic mass is 10.1. The van der Waals surface area contributed by atoms with Crippen molar-refractivity contribution in [2.75, 3.05) is 24.6 Å². The van der Waals surface area contributed by atoms with Crippen LogP contribution < -0.4 is 5.32 Å². The number of amides is 3. The van der Waals surface area contributed by atoms with Gasteiger partial charge >= 0.3 is 0 Å². The second-order valence-electron chi connectivity index (χ2n) is 5.42. The first-order valence-electron chi connectivity index (χ1n) is 7.94. The van der Waals surface area contributed by atoms with Crippen molar-refractivity contribution in [3.8, 4) is 0 Å². The molecule has 0 spiro atoms. The minimum Gasteiger partial charge on any atom is -0.355 e. The van der Waals surface area contributed by atoms with Crippen molar-refractivity contribution >= 4 is 29.5 Å². The topological polar surface area (TPSA) is 66.5 Å². The fourth-order valence-electron chi connectivity index (χ4n) is 2.40. The summed E-state index contributed by atoms with van der Waals surface area (Å²) in [5.74, 6) is 0.988. The van der Waals surface area contributed by atoms with Crippen molar-refractivity contribution in [3.63, 3.8) is 0 Å². The average molecular weight is 334 g/mol. The minimum absolute atomic E-state index is 0.0669. The van der Waals surface area contributed by atoms with E-state index < -0.39 is 0 Å². The summed E-state index contributed by atoms with van der Waals surface area (Å²) >= 11 is 1.58. The van der Waals surface area contributed by atoms with Crippen LogP contribution >= 0.6 is 11.8 Å². The number of hydrogen-bond acceptors (Lipinski definition) is 4. The number of imide groups is 1. The number of hydrogen-bond donors (Lipinski definition) is 1. The predicted molar refractivity (Wildman–Crippen MR) is 91.7 cm³/mol. The van der Waals surface area contributed by atoms with Gasteiger partial charge in [-0.1, -0.05) is 19.1 Å². The summed E-state index contributed by atoms with van der Waals surface area (Å²) in [6.07, 6.45) is 2.57. The summed E-state index contributed by atoms with van der Waals surface area (Å²) in [6.45, 7) is 3.18. The standard InChI is InChI=1S/C17H22N2O3S/c1-2-9-18-15(20)12-23-11-6-5-10-19-16(21)13-7-3-4-8-14(13)17(19)22/h3-4,7-8H,2,5-6,9-12H2,1H3,(H,18,20). The Kier molecular flexibility index (Phi) is 6.65. The number of carbonyl (C=O) groups excluding carboxylic acids is 3. The molecule has 1 aliphatic rings. The molecule has 1 N–H and O–H groups in total. The number of nitrogens with one attached hydrogen (secondary N) is 1. The molecule has 3 amide bonds. The van der Waals surface area contributed by atoms with E-state index >= 15 is 0 Å². The normalized spacial score (nSPS) is 13.3. The Balaban J connectivity index is 1.65. The third kappa shape index (κ3) is 4.58. The van der Waals surface area contributed by atoms with E-state index in [2.05, 4.69) is 5.32 Å². The highest BCUT2D eigenvalue weighted by Crippen LogP contribution is 2.22. The van der Waals surface area contributed by atoms with Gasteiger partial charge in [-0.15, -0.1) is 0 Å². The number of nitrogens with zero attached hydrogens (tertiary/aromatic N) is 1. The summed E-state index contributed by atoms with van der Waals surface area (Å²) in [5.41, 5.74) is 0.999. The van der Waals surface area contributed by atoms with E-state index in [4.69, 9.17) is 0 Å². The average Bonchev–Trinajstić information content (AvgIpc) is 2.81. The largest absolute Gasteiger partial charge is 0.355 e. The summed E-state index contributed by atoms with van der Waals surface area (Å²) in [7, 11) is 0. The SMILES string of the molecule is CCCNC(=O)CSCCCCN1C(=O)c2ccccc2C1=O. The van der Waals surface area contributed by atoms with Gasteiger partial charge in [0.15, 0.2) is 0 Å². The zero-order valence-corrected chi connectivity index (χ0v) is 14.2. The number of benzene rings is 1. The number of unbranched alkanes of at least 4 members (excludes halogenated alkanes) is 1. The van der Waals surface area contributed by atoms with Crippen molar-refractivity contribution < 1.29 is 14.4 Å². The van der Waals surface area contributed by atoms with Crippen LogP contribution in [0.4, 0.5) is 0 Å². The molecular formula is C17H22N2O3S. The third-order valence-corrected chi connectivity index (χ3v) is 4.65. The van der Waals surface area contributed by atoms with E-state index in [0.717, 1.165) is 31.6 Å². The van der Waals surface area contributed by atoms with Gasteiger partial charge in [-0.2, -0.15) is 11.8 Å². The lowest BCUT2D eigenvalue weighted by Crippen LogP contribution is -2.30. The lowest BCUT2D eigenvalue weighted by molar-refractivity contribution is -0.118. The molecule has 5 nitrogen and oxygen atoms in total. The van der Waals surface area contributed by atoms with Crippen LogP contribution in [0.2, 0.25) is 0 Å². The zero-order valence-electron chi connectivity index (χ0n) is 13.3. The van der Waals surface area contributed by atoms with Crippen molar-refractivity contribution in [3.05, 3.63) is 35.4 Å². The van der Waals surface area contributed by atoms with Crippen molar-refractivity contribution in [1.82, 2.24) is 10.2 Å². The van der Waals surface area contributed by atoms with Crippen LogP contribution in [-0.2, 0) is 4.79 Å². The zero-order chi connectivity index (χ0) is 16.7. The van der Waals surface area contributed by atoms with E-state index in [-0.39, 0.29) is 17.7 Å². The van der Waals surface area contributed by atoms with Crippen LogP contribution in [0.15, 0.2) is 24.3 Å². The van der Waals surface area contributed by atoms with Crippen LogP contribution in [0.5, 0.6) is 0 Å². The molecule has 124 valence electrons. The highest BCUT2D eigenvalue weighted by Gasteiger charge is 2.34. The molecule has 0 atom stereocenters. The van der Waals surface area contributed by atoms with Gasteiger partial charge in [-0.3, -0.25) is 19.3 Å².